The Bertz CT molecular complexity index is 795. The predicted octanol–water partition coefficient (Wildman–Crippen LogP) is 3.80. The first-order chi connectivity index (χ1) is 12.0. The van der Waals surface area contributed by atoms with Gasteiger partial charge in [0, 0.05) is 18.1 Å². The highest BCUT2D eigenvalue weighted by atomic mass is 35.5. The fourth-order valence-electron chi connectivity index (χ4n) is 3.02. The van der Waals surface area contributed by atoms with E-state index in [-0.39, 0.29) is 11.8 Å². The molecule has 0 spiro atoms. The van der Waals surface area contributed by atoms with Gasteiger partial charge in [0.1, 0.15) is 6.04 Å². The maximum Gasteiger partial charge on any atom is 0.249 e. The molecule has 130 valence electrons. The molecule has 0 bridgehead atoms. The van der Waals surface area contributed by atoms with Gasteiger partial charge in [0.25, 0.3) is 0 Å². The summed E-state index contributed by atoms with van der Waals surface area (Å²) in [5.41, 5.74) is 1.56. The number of carbonyl (C=O) groups is 2. The molecule has 1 heterocycles. The number of carbonyl (C=O) groups excluding carboxylic acids is 2. The second-order valence-electron chi connectivity index (χ2n) is 6.01. The summed E-state index contributed by atoms with van der Waals surface area (Å²) in [6.45, 7) is 2.63. The minimum absolute atomic E-state index is 0.0473. The lowest BCUT2D eigenvalue weighted by Crippen LogP contribution is -2.58. The molecule has 0 N–H and O–H groups in total. The van der Waals surface area contributed by atoms with Gasteiger partial charge in [-0.25, -0.2) is 0 Å². The Hall–Kier alpha value is -2.04. The van der Waals surface area contributed by atoms with Crippen LogP contribution in [0.2, 0.25) is 10.0 Å². The van der Waals surface area contributed by atoms with Crippen molar-refractivity contribution in [1.82, 2.24) is 4.90 Å². The molecule has 2 aromatic rings. The smallest absolute Gasteiger partial charge is 0.249 e. The molecule has 1 aliphatic heterocycles. The molecule has 1 saturated heterocycles. The van der Waals surface area contributed by atoms with Crippen molar-refractivity contribution in [1.29, 1.82) is 0 Å². The van der Waals surface area contributed by atoms with Gasteiger partial charge in [-0.2, -0.15) is 0 Å². The number of halogens is 2. The van der Waals surface area contributed by atoms with Gasteiger partial charge >= 0.3 is 0 Å². The van der Waals surface area contributed by atoms with Crippen molar-refractivity contribution in [3.63, 3.8) is 0 Å². The second-order valence-corrected chi connectivity index (χ2v) is 6.85. The normalized spacial score (nSPS) is 17.7. The van der Waals surface area contributed by atoms with Gasteiger partial charge in [0.15, 0.2) is 0 Å². The van der Waals surface area contributed by atoms with E-state index >= 15 is 0 Å². The molecule has 0 radical (unpaired) electrons. The molecule has 1 aliphatic rings. The van der Waals surface area contributed by atoms with Crippen molar-refractivity contribution in [2.75, 3.05) is 18.0 Å². The third kappa shape index (κ3) is 3.80. The first-order valence-corrected chi connectivity index (χ1v) is 8.83. The number of hydrogen-bond acceptors (Lipinski definition) is 2. The Labute approximate surface area is 156 Å². The van der Waals surface area contributed by atoms with Crippen molar-refractivity contribution in [3.05, 3.63) is 64.1 Å². The summed E-state index contributed by atoms with van der Waals surface area (Å²) in [6.07, 6.45) is 0.292. The average molecular weight is 377 g/mol. The molecule has 0 aliphatic carbocycles. The van der Waals surface area contributed by atoms with E-state index in [1.807, 2.05) is 30.3 Å². The van der Waals surface area contributed by atoms with Gasteiger partial charge < -0.3 is 9.80 Å². The lowest BCUT2D eigenvalue weighted by molar-refractivity contribution is -0.140. The fraction of sp³-hybridized carbons (Fsp3) is 0.263. The first kappa shape index (κ1) is 17.8. The van der Waals surface area contributed by atoms with Crippen LogP contribution in [0.15, 0.2) is 48.5 Å². The zero-order valence-electron chi connectivity index (χ0n) is 13.8. The monoisotopic (exact) mass is 376 g/mol. The molecule has 0 saturated carbocycles. The number of benzene rings is 2. The van der Waals surface area contributed by atoms with Crippen LogP contribution in [-0.2, 0) is 16.0 Å². The van der Waals surface area contributed by atoms with Crippen LogP contribution in [0.4, 0.5) is 5.69 Å². The minimum Gasteiger partial charge on any atom is -0.329 e. The maximum absolute atomic E-state index is 12.8. The highest BCUT2D eigenvalue weighted by Gasteiger charge is 2.35. The molecule has 1 atom stereocenters. The van der Waals surface area contributed by atoms with Crippen LogP contribution in [-0.4, -0.2) is 35.8 Å². The molecule has 2 aromatic carbocycles. The van der Waals surface area contributed by atoms with Crippen LogP contribution in [0.25, 0.3) is 0 Å². The van der Waals surface area contributed by atoms with Crippen LogP contribution < -0.4 is 4.90 Å². The number of amides is 2. The fourth-order valence-corrected chi connectivity index (χ4v) is 3.53. The maximum atomic E-state index is 12.8. The quantitative estimate of drug-likeness (QED) is 0.817. The van der Waals surface area contributed by atoms with Gasteiger partial charge in [0.05, 0.1) is 17.1 Å². The van der Waals surface area contributed by atoms with E-state index in [1.54, 1.807) is 34.9 Å². The molecule has 6 heteroatoms. The number of anilines is 1. The lowest BCUT2D eigenvalue weighted by Gasteiger charge is -2.39. The number of nitrogens with zero attached hydrogens (tertiary/aromatic N) is 2. The molecule has 0 aromatic heterocycles. The summed E-state index contributed by atoms with van der Waals surface area (Å²) >= 11 is 12.1. The Morgan fingerprint density at radius 1 is 1.12 bits per heavy atom. The topological polar surface area (TPSA) is 40.6 Å². The van der Waals surface area contributed by atoms with Gasteiger partial charge in [-0.1, -0.05) is 53.5 Å². The molecule has 4 nitrogen and oxygen atoms in total. The van der Waals surface area contributed by atoms with E-state index in [2.05, 4.69) is 0 Å². The van der Waals surface area contributed by atoms with Gasteiger partial charge in [-0.05, 0) is 30.7 Å². The predicted molar refractivity (Wildman–Crippen MR) is 100 cm³/mol. The summed E-state index contributed by atoms with van der Waals surface area (Å²) in [5, 5.41) is 0.947. The summed E-state index contributed by atoms with van der Waals surface area (Å²) in [4.78, 5) is 28.6. The largest absolute Gasteiger partial charge is 0.329 e. The van der Waals surface area contributed by atoms with Crippen LogP contribution in [0.3, 0.4) is 0 Å². The van der Waals surface area contributed by atoms with Crippen LogP contribution in [0, 0.1) is 0 Å². The number of piperazine rings is 1. The first-order valence-electron chi connectivity index (χ1n) is 8.07. The zero-order chi connectivity index (χ0) is 18.0. The number of hydrogen-bond donors (Lipinski definition) is 0. The Kier molecular flexibility index (Phi) is 5.30. The van der Waals surface area contributed by atoms with Crippen molar-refractivity contribution in [2.45, 2.75) is 19.4 Å². The third-order valence-corrected chi connectivity index (χ3v) is 4.91. The SMILES string of the molecule is CC1C(=O)N(c2ccc(Cl)cc2Cl)CCN1C(=O)Cc1ccccc1. The summed E-state index contributed by atoms with van der Waals surface area (Å²) in [7, 11) is 0. The Morgan fingerprint density at radius 3 is 2.52 bits per heavy atom. The molecule has 1 fully saturated rings. The molecule has 25 heavy (non-hydrogen) atoms. The standard InChI is InChI=1S/C19H18Cl2N2O2/c1-13-19(25)23(17-8-7-15(20)12-16(17)21)10-9-22(13)18(24)11-14-5-3-2-4-6-14/h2-8,12-13H,9-11H2,1H3. The van der Waals surface area contributed by atoms with Crippen molar-refractivity contribution >= 4 is 40.7 Å². The van der Waals surface area contributed by atoms with E-state index in [9.17, 15) is 9.59 Å². The van der Waals surface area contributed by atoms with Crippen LogP contribution in [0.5, 0.6) is 0 Å². The average Bonchev–Trinajstić information content (AvgIpc) is 2.59. The number of rotatable bonds is 3. The van der Waals surface area contributed by atoms with E-state index in [0.717, 1.165) is 5.56 Å². The van der Waals surface area contributed by atoms with E-state index in [1.165, 1.54) is 0 Å². The minimum atomic E-state index is -0.531. The zero-order valence-corrected chi connectivity index (χ0v) is 15.3. The van der Waals surface area contributed by atoms with Gasteiger partial charge in [-0.3, -0.25) is 9.59 Å². The molecular weight excluding hydrogens is 359 g/mol. The summed E-state index contributed by atoms with van der Waals surface area (Å²) in [6, 6.07) is 14.1. The second kappa shape index (κ2) is 7.46. The summed E-state index contributed by atoms with van der Waals surface area (Å²) < 4.78 is 0. The highest BCUT2D eigenvalue weighted by Crippen LogP contribution is 2.31. The molecule has 3 rings (SSSR count). The van der Waals surface area contributed by atoms with Gasteiger partial charge in [-0.15, -0.1) is 0 Å². The van der Waals surface area contributed by atoms with Crippen LogP contribution >= 0.6 is 23.2 Å². The van der Waals surface area contributed by atoms with Crippen molar-refractivity contribution in [2.24, 2.45) is 0 Å². The van der Waals surface area contributed by atoms with E-state index in [0.29, 0.717) is 35.2 Å². The molecule has 1 unspecified atom stereocenters. The van der Waals surface area contributed by atoms with Crippen LogP contribution in [0.1, 0.15) is 12.5 Å². The van der Waals surface area contributed by atoms with Crippen molar-refractivity contribution < 1.29 is 9.59 Å². The van der Waals surface area contributed by atoms with Gasteiger partial charge in [0.2, 0.25) is 11.8 Å². The van der Waals surface area contributed by atoms with E-state index < -0.39 is 6.04 Å². The Morgan fingerprint density at radius 2 is 1.84 bits per heavy atom. The molecular formula is C19H18Cl2N2O2. The highest BCUT2D eigenvalue weighted by molar-refractivity contribution is 6.36. The third-order valence-electron chi connectivity index (χ3n) is 4.37. The van der Waals surface area contributed by atoms with Crippen molar-refractivity contribution in [3.8, 4) is 0 Å². The Balaban J connectivity index is 1.74. The summed E-state index contributed by atoms with van der Waals surface area (Å²) in [5.74, 6) is -0.189. The van der Waals surface area contributed by atoms with E-state index in [4.69, 9.17) is 23.2 Å². The lowest BCUT2D eigenvalue weighted by atomic mass is 10.1. The molecule has 2 amide bonds.